The molecule has 0 aromatic rings. The first-order chi connectivity index (χ1) is 5.86. The number of halogens is 2. The van der Waals surface area contributed by atoms with Crippen molar-refractivity contribution in [2.45, 2.75) is 19.3 Å². The van der Waals surface area contributed by atoms with Gasteiger partial charge in [0, 0.05) is 11.8 Å². The van der Waals surface area contributed by atoms with E-state index >= 15 is 0 Å². The Bertz CT molecular complexity index is 273. The Hall–Kier alpha value is -0.710. The Labute approximate surface area is 73.7 Å². The molecule has 1 saturated heterocycles. The maximum atomic E-state index is 13.0. The average molecular weight is 192 g/mol. The number of hydrogen-bond donors (Lipinski definition) is 1. The lowest BCUT2D eigenvalue weighted by atomic mass is 9.72. The maximum Gasteiger partial charge on any atom is 0.316 e. The first kappa shape index (κ1) is 8.87. The quantitative estimate of drug-likeness (QED) is 0.713. The highest BCUT2D eigenvalue weighted by Crippen LogP contribution is 2.71. The molecule has 3 nitrogen and oxygen atoms in total. The van der Waals surface area contributed by atoms with E-state index in [4.69, 9.17) is 9.84 Å². The van der Waals surface area contributed by atoms with Gasteiger partial charge in [-0.2, -0.15) is 0 Å². The predicted molar refractivity (Wildman–Crippen MR) is 38.6 cm³/mol. The summed E-state index contributed by atoms with van der Waals surface area (Å²) in [6.45, 7) is 1.79. The molecule has 2 aliphatic rings. The van der Waals surface area contributed by atoms with Crippen molar-refractivity contribution in [1.29, 1.82) is 0 Å². The van der Waals surface area contributed by atoms with Crippen molar-refractivity contribution in [2.75, 3.05) is 13.2 Å². The van der Waals surface area contributed by atoms with Crippen LogP contribution in [0.3, 0.4) is 0 Å². The average Bonchev–Trinajstić information content (AvgIpc) is 2.51. The monoisotopic (exact) mass is 192 g/mol. The molecule has 0 aromatic carbocycles. The molecule has 1 unspecified atom stereocenters. The summed E-state index contributed by atoms with van der Waals surface area (Å²) in [5.41, 5.74) is -2.75. The molecule has 13 heavy (non-hydrogen) atoms. The zero-order valence-corrected chi connectivity index (χ0v) is 7.14. The van der Waals surface area contributed by atoms with E-state index in [1.165, 1.54) is 0 Å². The van der Waals surface area contributed by atoms with Crippen molar-refractivity contribution in [2.24, 2.45) is 10.8 Å². The summed E-state index contributed by atoms with van der Waals surface area (Å²) in [5.74, 6) is -4.46. The second-order valence-corrected chi connectivity index (χ2v) is 4.15. The van der Waals surface area contributed by atoms with Crippen LogP contribution < -0.4 is 0 Å². The van der Waals surface area contributed by atoms with Crippen LogP contribution >= 0.6 is 0 Å². The summed E-state index contributed by atoms with van der Waals surface area (Å²) < 4.78 is 30.8. The standard InChI is InChI=1S/C8H10F2O3/c1-6(3-13-4-6)7(5(11)12)2-8(7,9)10/h2-4H2,1H3,(H,11,12). The van der Waals surface area contributed by atoms with Crippen LogP contribution in [-0.4, -0.2) is 30.2 Å². The third-order valence-corrected chi connectivity index (χ3v) is 3.22. The Morgan fingerprint density at radius 1 is 1.46 bits per heavy atom. The fourth-order valence-corrected chi connectivity index (χ4v) is 2.09. The molecular weight excluding hydrogens is 182 g/mol. The van der Waals surface area contributed by atoms with Crippen molar-refractivity contribution < 1.29 is 23.4 Å². The van der Waals surface area contributed by atoms with Gasteiger partial charge in [0.25, 0.3) is 5.92 Å². The molecule has 1 aliphatic heterocycles. The maximum absolute atomic E-state index is 13.0. The predicted octanol–water partition coefficient (Wildman–Crippen LogP) is 1.13. The van der Waals surface area contributed by atoms with E-state index in [2.05, 4.69) is 0 Å². The van der Waals surface area contributed by atoms with Crippen LogP contribution in [0, 0.1) is 10.8 Å². The van der Waals surface area contributed by atoms with Crippen LogP contribution in [0.2, 0.25) is 0 Å². The highest BCUT2D eigenvalue weighted by molar-refractivity contribution is 5.82. The molecule has 1 saturated carbocycles. The number of ether oxygens (including phenoxy) is 1. The Kier molecular flexibility index (Phi) is 1.38. The fraction of sp³-hybridized carbons (Fsp3) is 0.875. The lowest BCUT2D eigenvalue weighted by molar-refractivity contribution is -0.191. The highest BCUT2D eigenvalue weighted by atomic mass is 19.3. The van der Waals surface area contributed by atoms with Gasteiger partial charge in [-0.05, 0) is 0 Å². The van der Waals surface area contributed by atoms with Crippen LogP contribution in [-0.2, 0) is 9.53 Å². The van der Waals surface area contributed by atoms with Gasteiger partial charge in [-0.1, -0.05) is 6.92 Å². The molecule has 2 rings (SSSR count). The number of rotatable bonds is 2. The van der Waals surface area contributed by atoms with E-state index in [9.17, 15) is 13.6 Å². The molecular formula is C8H10F2O3. The van der Waals surface area contributed by atoms with Gasteiger partial charge in [0.15, 0.2) is 0 Å². The van der Waals surface area contributed by atoms with E-state index < -0.39 is 29.1 Å². The van der Waals surface area contributed by atoms with Gasteiger partial charge in [0.05, 0.1) is 13.2 Å². The number of carboxylic acid groups (broad SMARTS) is 1. The van der Waals surface area contributed by atoms with Crippen molar-refractivity contribution in [3.8, 4) is 0 Å². The third-order valence-electron chi connectivity index (χ3n) is 3.22. The summed E-state index contributed by atoms with van der Waals surface area (Å²) >= 11 is 0. The zero-order chi connectivity index (χ0) is 9.91. The van der Waals surface area contributed by atoms with Crippen molar-refractivity contribution in [1.82, 2.24) is 0 Å². The SMILES string of the molecule is CC1(C2(C(=O)O)CC2(F)F)COC1. The number of hydrogen-bond acceptors (Lipinski definition) is 2. The van der Waals surface area contributed by atoms with Crippen LogP contribution in [0.4, 0.5) is 8.78 Å². The fourth-order valence-electron chi connectivity index (χ4n) is 2.09. The first-order valence-corrected chi connectivity index (χ1v) is 4.05. The molecule has 0 amide bonds. The summed E-state index contributed by atoms with van der Waals surface area (Å²) in [6, 6.07) is 0. The van der Waals surface area contributed by atoms with Gasteiger partial charge in [0.2, 0.25) is 0 Å². The molecule has 5 heteroatoms. The molecule has 1 N–H and O–H groups in total. The van der Waals surface area contributed by atoms with Crippen molar-refractivity contribution in [3.63, 3.8) is 0 Å². The summed E-state index contributed by atoms with van der Waals surface area (Å²) in [7, 11) is 0. The van der Waals surface area contributed by atoms with E-state index in [1.54, 1.807) is 6.92 Å². The number of alkyl halides is 2. The third kappa shape index (κ3) is 0.782. The van der Waals surface area contributed by atoms with Gasteiger partial charge < -0.3 is 9.84 Å². The van der Waals surface area contributed by atoms with Gasteiger partial charge in [0.1, 0.15) is 5.41 Å². The zero-order valence-electron chi connectivity index (χ0n) is 7.14. The molecule has 0 spiro atoms. The number of carboxylic acids is 1. The molecule has 1 atom stereocenters. The van der Waals surface area contributed by atoms with E-state index in [0.717, 1.165) is 0 Å². The van der Waals surface area contributed by atoms with Crippen molar-refractivity contribution >= 4 is 5.97 Å². The topological polar surface area (TPSA) is 46.5 Å². The van der Waals surface area contributed by atoms with Gasteiger partial charge in [-0.3, -0.25) is 4.79 Å². The van der Waals surface area contributed by atoms with Crippen LogP contribution in [0.25, 0.3) is 0 Å². The normalized spacial score (nSPS) is 39.3. The molecule has 2 fully saturated rings. The minimum absolute atomic E-state index is 0.120. The minimum Gasteiger partial charge on any atom is -0.481 e. The second-order valence-electron chi connectivity index (χ2n) is 4.15. The molecule has 1 aliphatic carbocycles. The molecule has 74 valence electrons. The molecule has 0 radical (unpaired) electrons. The Morgan fingerprint density at radius 2 is 1.92 bits per heavy atom. The van der Waals surface area contributed by atoms with Crippen LogP contribution in [0.1, 0.15) is 13.3 Å². The van der Waals surface area contributed by atoms with E-state index in [0.29, 0.717) is 0 Å². The number of carbonyl (C=O) groups is 1. The smallest absolute Gasteiger partial charge is 0.316 e. The van der Waals surface area contributed by atoms with Crippen LogP contribution in [0.5, 0.6) is 0 Å². The lowest BCUT2D eigenvalue weighted by Gasteiger charge is -2.42. The van der Waals surface area contributed by atoms with E-state index in [1.807, 2.05) is 0 Å². The van der Waals surface area contributed by atoms with Crippen molar-refractivity contribution in [3.05, 3.63) is 0 Å². The lowest BCUT2D eigenvalue weighted by Crippen LogP contribution is -2.52. The summed E-state index contributed by atoms with van der Waals surface area (Å²) in [5, 5.41) is 8.80. The van der Waals surface area contributed by atoms with Crippen LogP contribution in [0.15, 0.2) is 0 Å². The minimum atomic E-state index is -3.06. The van der Waals surface area contributed by atoms with E-state index in [-0.39, 0.29) is 13.2 Å². The largest absolute Gasteiger partial charge is 0.481 e. The molecule has 0 aromatic heterocycles. The van der Waals surface area contributed by atoms with Gasteiger partial charge in [-0.15, -0.1) is 0 Å². The molecule has 1 heterocycles. The van der Waals surface area contributed by atoms with Gasteiger partial charge in [-0.25, -0.2) is 8.78 Å². The number of aliphatic carboxylic acids is 1. The summed E-state index contributed by atoms with van der Waals surface area (Å²) in [4.78, 5) is 10.8. The second kappa shape index (κ2) is 2.03. The Morgan fingerprint density at radius 3 is 2.00 bits per heavy atom. The first-order valence-electron chi connectivity index (χ1n) is 4.05. The molecule has 0 bridgehead atoms. The van der Waals surface area contributed by atoms with Gasteiger partial charge >= 0.3 is 5.97 Å². The summed E-state index contributed by atoms with van der Waals surface area (Å²) in [6.07, 6.45) is -0.546. The highest BCUT2D eigenvalue weighted by Gasteiger charge is 2.84. The Balaban J connectivity index is 2.32.